The van der Waals surface area contributed by atoms with E-state index in [2.05, 4.69) is 20.8 Å². The maximum atomic E-state index is 12.0. The molecule has 0 aliphatic carbocycles. The lowest BCUT2D eigenvalue weighted by Gasteiger charge is -2.27. The Hall–Kier alpha value is -0.315. The SMILES string of the molecule is CCCC[P+](CCCC)(CCCC)CC(=O)OCC.F[B-](F)(F)F. The Morgan fingerprint density at radius 3 is 1.42 bits per heavy atom. The molecule has 0 aliphatic rings. The molecule has 0 bridgehead atoms. The Bertz CT molecular complexity index is 287. The minimum atomic E-state index is -6.00. The first-order valence-electron chi connectivity index (χ1n) is 9.02. The molecule has 0 aromatic heterocycles. The molecule has 0 unspecified atom stereocenters. The van der Waals surface area contributed by atoms with Gasteiger partial charge in [0.05, 0.1) is 25.1 Å². The van der Waals surface area contributed by atoms with Crippen molar-refractivity contribution in [2.45, 2.75) is 66.2 Å². The molecule has 0 heterocycles. The second-order valence-corrected chi connectivity index (χ2v) is 10.4. The zero-order valence-corrected chi connectivity index (χ0v) is 16.5. The molecule has 2 nitrogen and oxygen atoms in total. The summed E-state index contributed by atoms with van der Waals surface area (Å²) in [6, 6.07) is 0. The third-order valence-corrected chi connectivity index (χ3v) is 8.45. The Morgan fingerprint density at radius 2 is 1.17 bits per heavy atom. The van der Waals surface area contributed by atoms with Gasteiger partial charge in [-0.25, -0.2) is 4.79 Å². The highest BCUT2D eigenvalue weighted by Crippen LogP contribution is 2.60. The average molecular weight is 376 g/mol. The number of carbonyl (C=O) groups is 1. The molecule has 0 saturated carbocycles. The van der Waals surface area contributed by atoms with Crippen LogP contribution >= 0.6 is 7.26 Å². The van der Waals surface area contributed by atoms with Crippen LogP contribution in [-0.2, 0) is 9.53 Å². The van der Waals surface area contributed by atoms with Crippen molar-refractivity contribution in [1.82, 2.24) is 0 Å². The van der Waals surface area contributed by atoms with Crippen molar-refractivity contribution in [2.75, 3.05) is 31.3 Å². The van der Waals surface area contributed by atoms with Crippen molar-refractivity contribution in [3.05, 3.63) is 0 Å². The van der Waals surface area contributed by atoms with Crippen molar-refractivity contribution >= 4 is 20.5 Å². The predicted octanol–water partition coefficient (Wildman–Crippen LogP) is 6.27. The van der Waals surface area contributed by atoms with E-state index in [0.29, 0.717) is 6.61 Å². The van der Waals surface area contributed by atoms with Gasteiger partial charge in [-0.15, -0.1) is 0 Å². The van der Waals surface area contributed by atoms with Gasteiger partial charge in [0.2, 0.25) is 0 Å². The first-order chi connectivity index (χ1) is 11.1. The van der Waals surface area contributed by atoms with Crippen LogP contribution in [0.25, 0.3) is 0 Å². The number of carbonyl (C=O) groups excluding carboxylic acids is 1. The van der Waals surface area contributed by atoms with Crippen LogP contribution < -0.4 is 0 Å². The number of hydrogen-bond donors (Lipinski definition) is 0. The lowest BCUT2D eigenvalue weighted by molar-refractivity contribution is -0.140. The fourth-order valence-corrected chi connectivity index (χ4v) is 7.28. The van der Waals surface area contributed by atoms with Crippen LogP contribution in [0.3, 0.4) is 0 Å². The molecule has 0 radical (unpaired) electrons. The van der Waals surface area contributed by atoms with Gasteiger partial charge in [-0.2, -0.15) is 0 Å². The van der Waals surface area contributed by atoms with Crippen molar-refractivity contribution in [1.29, 1.82) is 0 Å². The summed E-state index contributed by atoms with van der Waals surface area (Å²) >= 11 is 0. The molecule has 0 aromatic rings. The zero-order valence-electron chi connectivity index (χ0n) is 15.6. The molecule has 24 heavy (non-hydrogen) atoms. The molecule has 0 rings (SSSR count). The smallest absolute Gasteiger partial charge is 0.463 e. The number of unbranched alkanes of at least 4 members (excludes halogenated alkanes) is 3. The van der Waals surface area contributed by atoms with Gasteiger partial charge in [0.15, 0.2) is 6.16 Å². The van der Waals surface area contributed by atoms with Crippen LogP contribution in [0, 0.1) is 0 Å². The second-order valence-electron chi connectivity index (χ2n) is 6.03. The van der Waals surface area contributed by atoms with E-state index in [0.717, 1.165) is 6.16 Å². The highest BCUT2D eigenvalue weighted by molar-refractivity contribution is 7.76. The van der Waals surface area contributed by atoms with E-state index in [-0.39, 0.29) is 5.97 Å². The van der Waals surface area contributed by atoms with Crippen LogP contribution in [0.15, 0.2) is 0 Å². The summed E-state index contributed by atoms with van der Waals surface area (Å²) < 4.78 is 44.2. The van der Waals surface area contributed by atoms with Gasteiger partial charge in [-0.1, -0.05) is 40.0 Å². The van der Waals surface area contributed by atoms with E-state index in [1.807, 2.05) is 6.92 Å². The van der Waals surface area contributed by atoms with E-state index in [1.54, 1.807) is 0 Å². The second kappa shape index (κ2) is 15.0. The van der Waals surface area contributed by atoms with Crippen LogP contribution in [0.1, 0.15) is 66.2 Å². The number of halogens is 4. The maximum Gasteiger partial charge on any atom is 0.673 e. The Morgan fingerprint density at radius 1 is 0.833 bits per heavy atom. The normalized spacial score (nSPS) is 11.7. The van der Waals surface area contributed by atoms with Crippen LogP contribution in [0.2, 0.25) is 0 Å². The molecule has 0 spiro atoms. The van der Waals surface area contributed by atoms with Gasteiger partial charge >= 0.3 is 13.2 Å². The summed E-state index contributed by atoms with van der Waals surface area (Å²) in [5, 5.41) is 0. The van der Waals surface area contributed by atoms with Crippen LogP contribution in [-0.4, -0.2) is 44.5 Å². The first-order valence-corrected chi connectivity index (χ1v) is 11.5. The molecule has 0 aliphatic heterocycles. The fourth-order valence-electron chi connectivity index (χ4n) is 2.53. The molecular weight excluding hydrogens is 342 g/mol. The van der Waals surface area contributed by atoms with Gasteiger partial charge in [-0.3, -0.25) is 0 Å². The Labute approximate surface area is 145 Å². The lowest BCUT2D eigenvalue weighted by atomic mass is 10.3. The fraction of sp³-hybridized carbons (Fsp3) is 0.938. The molecule has 8 heteroatoms. The van der Waals surface area contributed by atoms with E-state index in [9.17, 15) is 22.1 Å². The Kier molecular flexibility index (Phi) is 16.2. The van der Waals surface area contributed by atoms with Gasteiger partial charge in [0, 0.05) is 7.26 Å². The molecule has 0 N–H and O–H groups in total. The minimum Gasteiger partial charge on any atom is -0.463 e. The molecular formula is C16H34BF4O2P. The third-order valence-electron chi connectivity index (χ3n) is 3.73. The average Bonchev–Trinajstić information content (AvgIpc) is 2.47. The highest BCUT2D eigenvalue weighted by Gasteiger charge is 2.38. The third kappa shape index (κ3) is 18.0. The van der Waals surface area contributed by atoms with Gasteiger partial charge in [0.1, 0.15) is 0 Å². The van der Waals surface area contributed by atoms with E-state index in [4.69, 9.17) is 4.74 Å². The highest BCUT2D eigenvalue weighted by atomic mass is 31.2. The minimum absolute atomic E-state index is 0.0548. The summed E-state index contributed by atoms with van der Waals surface area (Å²) in [5.74, 6) is 0.0548. The Balaban J connectivity index is 0. The standard InChI is InChI=1S/C16H34O2P.BF4/c1-5-9-12-19(13-10-6-2,14-11-7-3)15-16(17)18-8-4;2-1(3,4)5/h5-15H2,1-4H3;/q+1;-1. The predicted molar refractivity (Wildman–Crippen MR) is 97.9 cm³/mol. The van der Waals surface area contributed by atoms with E-state index in [1.165, 1.54) is 57.0 Å². The first kappa shape index (κ1) is 25.9. The van der Waals surface area contributed by atoms with Gasteiger partial charge < -0.3 is 22.0 Å². The topological polar surface area (TPSA) is 26.3 Å². The number of hydrogen-bond acceptors (Lipinski definition) is 2. The zero-order chi connectivity index (χ0) is 19.1. The number of esters is 1. The summed E-state index contributed by atoms with van der Waals surface area (Å²) in [4.78, 5) is 12.0. The number of rotatable bonds is 12. The summed E-state index contributed by atoms with van der Waals surface area (Å²) in [5.41, 5.74) is 0. The summed E-state index contributed by atoms with van der Waals surface area (Å²) in [7, 11) is -7.11. The van der Waals surface area contributed by atoms with Crippen LogP contribution in [0.5, 0.6) is 0 Å². The largest absolute Gasteiger partial charge is 0.673 e. The van der Waals surface area contributed by atoms with Gasteiger partial charge in [-0.05, 0) is 26.2 Å². The molecule has 0 aromatic carbocycles. The van der Waals surface area contributed by atoms with E-state index < -0.39 is 14.5 Å². The molecule has 146 valence electrons. The molecule has 0 atom stereocenters. The molecule has 0 fully saturated rings. The summed E-state index contributed by atoms with van der Waals surface area (Å²) in [6.45, 7) is 9.17. The maximum absolute atomic E-state index is 12.0. The summed E-state index contributed by atoms with van der Waals surface area (Å²) in [6.07, 6.45) is 12.2. The van der Waals surface area contributed by atoms with Crippen LogP contribution in [0.4, 0.5) is 17.3 Å². The molecule has 0 amide bonds. The van der Waals surface area contributed by atoms with Crippen molar-refractivity contribution in [3.8, 4) is 0 Å². The molecule has 0 saturated heterocycles. The quantitative estimate of drug-likeness (QED) is 0.174. The number of ether oxygens (including phenoxy) is 1. The lowest BCUT2D eigenvalue weighted by Crippen LogP contribution is -2.20. The van der Waals surface area contributed by atoms with Gasteiger partial charge in [0.25, 0.3) is 0 Å². The van der Waals surface area contributed by atoms with Crippen molar-refractivity contribution < 1.29 is 26.8 Å². The van der Waals surface area contributed by atoms with E-state index >= 15 is 0 Å². The monoisotopic (exact) mass is 376 g/mol. The van der Waals surface area contributed by atoms with Crippen molar-refractivity contribution in [3.63, 3.8) is 0 Å². The van der Waals surface area contributed by atoms with Crippen molar-refractivity contribution in [2.24, 2.45) is 0 Å².